The molecule has 0 saturated heterocycles. The third-order valence-corrected chi connectivity index (χ3v) is 4.41. The smallest absolute Gasteiger partial charge is 0.175 e. The van der Waals surface area contributed by atoms with Crippen LogP contribution in [0.5, 0.6) is 0 Å². The molecule has 0 spiro atoms. The van der Waals surface area contributed by atoms with Crippen molar-refractivity contribution in [1.82, 2.24) is 5.32 Å². The molecule has 1 aliphatic heterocycles. The van der Waals surface area contributed by atoms with Crippen LogP contribution in [-0.4, -0.2) is 14.1 Å². The highest BCUT2D eigenvalue weighted by atomic mass is 28.3. The van der Waals surface area contributed by atoms with Gasteiger partial charge in [-0.1, -0.05) is 54.6 Å². The SMILES string of the molecule is C[Si](C)(C)N=C1NC(=Cc2ccccc2)Cc2ccccc21. The summed E-state index contributed by atoms with van der Waals surface area (Å²) in [5, 5.41) is 3.56. The van der Waals surface area contributed by atoms with E-state index in [-0.39, 0.29) is 0 Å². The monoisotopic (exact) mass is 306 g/mol. The van der Waals surface area contributed by atoms with Gasteiger partial charge in [-0.3, -0.25) is 0 Å². The minimum atomic E-state index is -1.54. The van der Waals surface area contributed by atoms with E-state index in [1.165, 1.54) is 22.4 Å². The van der Waals surface area contributed by atoms with Gasteiger partial charge >= 0.3 is 0 Å². The van der Waals surface area contributed by atoms with Gasteiger partial charge in [-0.15, -0.1) is 0 Å². The van der Waals surface area contributed by atoms with Gasteiger partial charge in [-0.2, -0.15) is 0 Å². The Hall–Kier alpha value is -2.13. The highest BCUT2D eigenvalue weighted by Crippen LogP contribution is 2.22. The van der Waals surface area contributed by atoms with Gasteiger partial charge in [0.1, 0.15) is 5.84 Å². The van der Waals surface area contributed by atoms with E-state index in [0.29, 0.717) is 0 Å². The predicted molar refractivity (Wildman–Crippen MR) is 97.6 cm³/mol. The van der Waals surface area contributed by atoms with Crippen molar-refractivity contribution in [3.8, 4) is 0 Å². The Morgan fingerprint density at radius 3 is 2.36 bits per heavy atom. The van der Waals surface area contributed by atoms with Crippen LogP contribution >= 0.6 is 0 Å². The van der Waals surface area contributed by atoms with E-state index >= 15 is 0 Å². The molecule has 0 radical (unpaired) electrons. The number of rotatable bonds is 2. The van der Waals surface area contributed by atoms with Crippen molar-refractivity contribution < 1.29 is 0 Å². The summed E-state index contributed by atoms with van der Waals surface area (Å²) in [6, 6.07) is 19.0. The van der Waals surface area contributed by atoms with Crippen LogP contribution in [0.25, 0.3) is 6.08 Å². The third kappa shape index (κ3) is 3.54. The van der Waals surface area contributed by atoms with E-state index in [1.54, 1.807) is 0 Å². The first-order valence-electron chi connectivity index (χ1n) is 7.72. The molecule has 2 aromatic rings. The van der Waals surface area contributed by atoms with Crippen LogP contribution in [0.3, 0.4) is 0 Å². The normalized spacial score (nSPS) is 18.1. The first kappa shape index (κ1) is 14.8. The third-order valence-electron chi connectivity index (χ3n) is 3.52. The quantitative estimate of drug-likeness (QED) is 0.814. The number of allylic oxidation sites excluding steroid dienone is 1. The van der Waals surface area contributed by atoms with E-state index in [9.17, 15) is 0 Å². The van der Waals surface area contributed by atoms with Crippen molar-refractivity contribution in [3.05, 3.63) is 77.0 Å². The van der Waals surface area contributed by atoms with E-state index in [2.05, 4.69) is 79.6 Å². The average Bonchev–Trinajstić information content (AvgIpc) is 2.47. The zero-order valence-corrected chi connectivity index (χ0v) is 14.4. The number of amidine groups is 1. The molecule has 0 aromatic heterocycles. The summed E-state index contributed by atoms with van der Waals surface area (Å²) in [5.74, 6) is 1.03. The average molecular weight is 306 g/mol. The Labute approximate surface area is 133 Å². The highest BCUT2D eigenvalue weighted by Gasteiger charge is 2.21. The van der Waals surface area contributed by atoms with Crippen molar-refractivity contribution in [2.24, 2.45) is 4.66 Å². The van der Waals surface area contributed by atoms with E-state index in [1.807, 2.05) is 6.07 Å². The van der Waals surface area contributed by atoms with Gasteiger partial charge in [0.2, 0.25) is 0 Å². The number of benzene rings is 2. The van der Waals surface area contributed by atoms with Crippen molar-refractivity contribution in [2.45, 2.75) is 26.1 Å². The summed E-state index contributed by atoms with van der Waals surface area (Å²) in [7, 11) is -1.54. The maximum Gasteiger partial charge on any atom is 0.175 e. The number of hydrogen-bond acceptors (Lipinski definition) is 1. The highest BCUT2D eigenvalue weighted by molar-refractivity contribution is 6.75. The molecule has 0 aliphatic carbocycles. The lowest BCUT2D eigenvalue weighted by molar-refractivity contribution is 0.980. The van der Waals surface area contributed by atoms with Gasteiger partial charge in [0, 0.05) is 17.7 Å². The molecular weight excluding hydrogens is 284 g/mol. The van der Waals surface area contributed by atoms with Crippen LogP contribution < -0.4 is 5.32 Å². The molecule has 112 valence electrons. The topological polar surface area (TPSA) is 24.4 Å². The second-order valence-electron chi connectivity index (χ2n) is 6.67. The molecule has 0 amide bonds. The van der Waals surface area contributed by atoms with Crippen molar-refractivity contribution >= 4 is 20.1 Å². The van der Waals surface area contributed by atoms with E-state index in [0.717, 1.165) is 12.3 Å². The molecule has 2 aromatic carbocycles. The number of nitrogens with zero attached hydrogens (tertiary/aromatic N) is 1. The van der Waals surface area contributed by atoms with Crippen LogP contribution in [0.2, 0.25) is 19.6 Å². The second-order valence-corrected chi connectivity index (χ2v) is 11.2. The fraction of sp³-hybridized carbons (Fsp3) is 0.211. The molecule has 1 heterocycles. The number of nitrogens with one attached hydrogen (secondary N) is 1. The lowest BCUT2D eigenvalue weighted by Gasteiger charge is -2.25. The van der Waals surface area contributed by atoms with Crippen LogP contribution in [-0.2, 0) is 6.42 Å². The molecular formula is C19H22N2Si. The van der Waals surface area contributed by atoms with Gasteiger partial charge in [0.25, 0.3) is 0 Å². The minimum absolute atomic E-state index is 0.926. The maximum absolute atomic E-state index is 5.01. The molecule has 3 heteroatoms. The fourth-order valence-corrected chi connectivity index (χ4v) is 3.48. The van der Waals surface area contributed by atoms with E-state index in [4.69, 9.17) is 4.66 Å². The van der Waals surface area contributed by atoms with Crippen molar-refractivity contribution in [2.75, 3.05) is 0 Å². The van der Waals surface area contributed by atoms with Gasteiger partial charge in [0.05, 0.1) is 0 Å². The largest absolute Gasteiger partial charge is 0.344 e. The minimum Gasteiger partial charge on any atom is -0.344 e. The van der Waals surface area contributed by atoms with Crippen LogP contribution in [0, 0.1) is 0 Å². The Balaban J connectivity index is 2.02. The van der Waals surface area contributed by atoms with Gasteiger partial charge in [-0.25, -0.2) is 0 Å². The molecule has 0 fully saturated rings. The molecule has 1 aliphatic rings. The fourth-order valence-electron chi connectivity index (χ4n) is 2.64. The zero-order valence-electron chi connectivity index (χ0n) is 13.4. The summed E-state index contributed by atoms with van der Waals surface area (Å²) in [6.45, 7) is 6.79. The number of hydrogen-bond donors (Lipinski definition) is 1. The first-order chi connectivity index (χ1) is 10.5. The Morgan fingerprint density at radius 1 is 0.955 bits per heavy atom. The van der Waals surface area contributed by atoms with Crippen molar-refractivity contribution in [1.29, 1.82) is 0 Å². The van der Waals surface area contributed by atoms with Gasteiger partial charge < -0.3 is 9.97 Å². The Morgan fingerprint density at radius 2 is 1.64 bits per heavy atom. The first-order valence-corrected chi connectivity index (χ1v) is 11.2. The van der Waals surface area contributed by atoms with Crippen LogP contribution in [0.4, 0.5) is 0 Å². The molecule has 1 N–H and O–H groups in total. The zero-order chi connectivity index (χ0) is 15.6. The summed E-state index contributed by atoms with van der Waals surface area (Å²) in [5.41, 5.74) is 5.02. The molecule has 2 nitrogen and oxygen atoms in total. The molecule has 0 saturated carbocycles. The van der Waals surface area contributed by atoms with Gasteiger partial charge in [0.15, 0.2) is 8.24 Å². The van der Waals surface area contributed by atoms with Crippen molar-refractivity contribution in [3.63, 3.8) is 0 Å². The Bertz CT molecular complexity index is 725. The van der Waals surface area contributed by atoms with Gasteiger partial charge in [-0.05, 0) is 36.8 Å². The summed E-state index contributed by atoms with van der Waals surface area (Å²) < 4.78 is 5.01. The molecule has 0 unspecified atom stereocenters. The Kier molecular flexibility index (Phi) is 3.99. The standard InChI is InChI=1S/C19H22N2Si/c1-22(2,3)21-19-18-12-8-7-11-16(18)14-17(20-19)13-15-9-5-4-6-10-15/h4-13H,14H2,1-3H3,(H,20,21). The predicted octanol–water partition coefficient (Wildman–Crippen LogP) is 4.45. The molecule has 3 rings (SSSR count). The molecule has 0 bridgehead atoms. The van der Waals surface area contributed by atoms with Crippen LogP contribution in [0.15, 0.2) is 65.0 Å². The molecule has 0 atom stereocenters. The summed E-state index contributed by atoms with van der Waals surface area (Å²) in [4.78, 5) is 0. The maximum atomic E-state index is 5.01. The summed E-state index contributed by atoms with van der Waals surface area (Å²) >= 11 is 0. The second kappa shape index (κ2) is 5.93. The van der Waals surface area contributed by atoms with E-state index < -0.39 is 8.24 Å². The van der Waals surface area contributed by atoms with Crippen LogP contribution in [0.1, 0.15) is 16.7 Å². The number of fused-ring (bicyclic) bond motifs is 1. The lowest BCUT2D eigenvalue weighted by atomic mass is 9.97. The summed E-state index contributed by atoms with van der Waals surface area (Å²) in [6.07, 6.45) is 3.14. The molecule has 22 heavy (non-hydrogen) atoms. The lowest BCUT2D eigenvalue weighted by Crippen LogP contribution is -2.34.